The summed E-state index contributed by atoms with van der Waals surface area (Å²) in [6.07, 6.45) is 65.5. The fraction of sp³-hybridized carbons (Fsp3) is 0.745. The van der Waals surface area contributed by atoms with E-state index in [9.17, 15) is 9.90 Å². The molecule has 0 aromatic carbocycles. The van der Waals surface area contributed by atoms with Gasteiger partial charge in [0.05, 0.1) is 13.2 Å². The van der Waals surface area contributed by atoms with Crippen molar-refractivity contribution < 1.29 is 19.4 Å². The van der Waals surface area contributed by atoms with E-state index in [0.717, 1.165) is 51.4 Å². The number of hydrogen-bond acceptors (Lipinski definition) is 4. The molecule has 0 aliphatic rings. The topological polar surface area (TPSA) is 55.8 Å². The Labute approximate surface area is 342 Å². The van der Waals surface area contributed by atoms with E-state index in [0.29, 0.717) is 13.0 Å². The summed E-state index contributed by atoms with van der Waals surface area (Å²) in [5.41, 5.74) is 0. The summed E-state index contributed by atoms with van der Waals surface area (Å²) in [5, 5.41) is 9.62. The zero-order valence-electron chi connectivity index (χ0n) is 36.4. The van der Waals surface area contributed by atoms with Crippen molar-refractivity contribution in [2.75, 3.05) is 19.8 Å². The molecule has 1 unspecified atom stereocenters. The van der Waals surface area contributed by atoms with Crippen LogP contribution in [0, 0.1) is 0 Å². The van der Waals surface area contributed by atoms with Gasteiger partial charge in [-0.15, -0.1) is 0 Å². The minimum absolute atomic E-state index is 0.180. The Morgan fingerprint density at radius 1 is 0.455 bits per heavy atom. The normalized spacial score (nSPS) is 13.0. The van der Waals surface area contributed by atoms with Gasteiger partial charge in [-0.3, -0.25) is 4.79 Å². The molecular weight excluding hydrogens is 677 g/mol. The van der Waals surface area contributed by atoms with E-state index >= 15 is 0 Å². The maximum atomic E-state index is 12.2. The zero-order valence-corrected chi connectivity index (χ0v) is 36.4. The van der Waals surface area contributed by atoms with E-state index in [1.54, 1.807) is 0 Å². The number of esters is 1. The highest BCUT2D eigenvalue weighted by Gasteiger charge is 2.13. The van der Waals surface area contributed by atoms with E-state index in [1.165, 1.54) is 148 Å². The van der Waals surface area contributed by atoms with Crippen molar-refractivity contribution in [3.63, 3.8) is 0 Å². The number of unbranched alkanes of at least 4 members (excludes halogenated alkanes) is 23. The average molecular weight is 767 g/mol. The van der Waals surface area contributed by atoms with Crippen molar-refractivity contribution >= 4 is 5.97 Å². The summed E-state index contributed by atoms with van der Waals surface area (Å²) in [5.74, 6) is -0.213. The molecule has 1 atom stereocenters. The Hall–Kier alpha value is -2.17. The number of carbonyl (C=O) groups is 1. The second kappa shape index (κ2) is 48.0. The molecule has 0 saturated carbocycles. The maximum Gasteiger partial charge on any atom is 0.306 e. The van der Waals surface area contributed by atoms with Crippen molar-refractivity contribution in [3.8, 4) is 0 Å². The summed E-state index contributed by atoms with van der Waals surface area (Å²) in [7, 11) is 0. The fourth-order valence-corrected chi connectivity index (χ4v) is 6.53. The molecule has 0 rings (SSSR count). The molecule has 0 radical (unpaired) electrons. The van der Waals surface area contributed by atoms with Gasteiger partial charge in [-0.05, 0) is 83.5 Å². The van der Waals surface area contributed by atoms with Gasteiger partial charge >= 0.3 is 5.97 Å². The second-order valence-corrected chi connectivity index (χ2v) is 15.4. The van der Waals surface area contributed by atoms with Crippen LogP contribution in [0.1, 0.15) is 219 Å². The Bertz CT molecular complexity index is 942. The van der Waals surface area contributed by atoms with Crippen LogP contribution in [0.5, 0.6) is 0 Å². The third-order valence-electron chi connectivity index (χ3n) is 10.0. The van der Waals surface area contributed by atoms with Gasteiger partial charge in [0.2, 0.25) is 0 Å². The molecule has 0 fully saturated rings. The summed E-state index contributed by atoms with van der Waals surface area (Å²) in [4.78, 5) is 12.2. The highest BCUT2D eigenvalue weighted by atomic mass is 16.6. The highest BCUT2D eigenvalue weighted by Crippen LogP contribution is 2.14. The first-order valence-electron chi connectivity index (χ1n) is 23.5. The van der Waals surface area contributed by atoms with E-state index in [-0.39, 0.29) is 19.2 Å². The third kappa shape index (κ3) is 46.1. The number of carbonyl (C=O) groups excluding carboxylic acids is 1. The minimum Gasteiger partial charge on any atom is -0.457 e. The minimum atomic E-state index is -0.545. The predicted octanol–water partition coefficient (Wildman–Crippen LogP) is 15.8. The second-order valence-electron chi connectivity index (χ2n) is 15.4. The van der Waals surface area contributed by atoms with Crippen molar-refractivity contribution in [3.05, 3.63) is 72.9 Å². The predicted molar refractivity (Wildman–Crippen MR) is 242 cm³/mol. The first-order chi connectivity index (χ1) is 27.2. The van der Waals surface area contributed by atoms with Crippen LogP contribution >= 0.6 is 0 Å². The molecule has 0 heterocycles. The lowest BCUT2D eigenvalue weighted by Crippen LogP contribution is -2.27. The van der Waals surface area contributed by atoms with E-state index in [4.69, 9.17) is 9.47 Å². The maximum absolute atomic E-state index is 12.2. The summed E-state index contributed by atoms with van der Waals surface area (Å²) in [6.45, 7) is 5.21. The van der Waals surface area contributed by atoms with Crippen LogP contribution in [-0.4, -0.2) is 37.0 Å². The highest BCUT2D eigenvalue weighted by molar-refractivity contribution is 5.69. The van der Waals surface area contributed by atoms with Crippen LogP contribution in [-0.2, 0) is 14.3 Å². The zero-order chi connectivity index (χ0) is 39.8. The van der Waals surface area contributed by atoms with Crippen LogP contribution in [0.15, 0.2) is 72.9 Å². The molecule has 0 aliphatic heterocycles. The molecule has 0 aromatic rings. The van der Waals surface area contributed by atoms with Gasteiger partial charge in [0.25, 0.3) is 0 Å². The first-order valence-corrected chi connectivity index (χ1v) is 23.5. The number of aliphatic hydroxyl groups excluding tert-OH is 1. The standard InChI is InChI=1S/C51H90O4/c1-3-5-7-9-11-13-15-17-19-21-22-23-24-25-26-27-28-29-31-33-35-37-39-41-43-45-47-54-49-50(48-52)55-51(53)46-44-42-40-38-36-34-32-30-20-18-16-14-12-10-8-6-4-2/h6,8,12,14-15,17-18,20-22,24-25,50,52H,3-5,7,9-11,13,16,19,23,26-49H2,1-2H3/b8-6-,14-12-,17-15-,20-18-,22-21-,25-24-. The van der Waals surface area contributed by atoms with Crippen molar-refractivity contribution in [2.24, 2.45) is 0 Å². The molecule has 0 bridgehead atoms. The lowest BCUT2D eigenvalue weighted by molar-refractivity contribution is -0.154. The van der Waals surface area contributed by atoms with Crippen molar-refractivity contribution in [1.82, 2.24) is 0 Å². The van der Waals surface area contributed by atoms with E-state index in [2.05, 4.69) is 86.8 Å². The van der Waals surface area contributed by atoms with Crippen LogP contribution in [0.4, 0.5) is 0 Å². The number of aliphatic hydroxyl groups is 1. The molecule has 0 spiro atoms. The van der Waals surface area contributed by atoms with E-state index in [1.807, 2.05) is 0 Å². The first kappa shape index (κ1) is 52.8. The van der Waals surface area contributed by atoms with Gasteiger partial charge in [-0.25, -0.2) is 0 Å². The van der Waals surface area contributed by atoms with E-state index < -0.39 is 6.10 Å². The SMILES string of the molecule is CC/C=C\C/C=C\C/C=C\CCCCCCCCCC(=O)OC(CO)COCCCCCCCCCCCCC/C=C\C/C=C\C/C=C\CCCCCCC. The lowest BCUT2D eigenvalue weighted by Gasteiger charge is -2.16. The van der Waals surface area contributed by atoms with Gasteiger partial charge in [0.15, 0.2) is 0 Å². The number of ether oxygens (including phenoxy) is 2. The Kier molecular flexibility index (Phi) is 46.1. The van der Waals surface area contributed by atoms with Gasteiger partial charge < -0.3 is 14.6 Å². The molecule has 4 heteroatoms. The Balaban J connectivity index is 3.44. The Morgan fingerprint density at radius 2 is 0.818 bits per heavy atom. The molecule has 0 saturated heterocycles. The smallest absolute Gasteiger partial charge is 0.306 e. The molecular formula is C51H90O4. The third-order valence-corrected chi connectivity index (χ3v) is 10.0. The monoisotopic (exact) mass is 767 g/mol. The quantitative estimate of drug-likeness (QED) is 0.0381. The van der Waals surface area contributed by atoms with Gasteiger partial charge in [-0.1, -0.05) is 202 Å². The number of hydrogen-bond donors (Lipinski definition) is 1. The molecule has 55 heavy (non-hydrogen) atoms. The molecule has 0 amide bonds. The van der Waals surface area contributed by atoms with Gasteiger partial charge in [0.1, 0.15) is 6.10 Å². The van der Waals surface area contributed by atoms with Crippen LogP contribution in [0.2, 0.25) is 0 Å². The van der Waals surface area contributed by atoms with Crippen LogP contribution in [0.3, 0.4) is 0 Å². The number of rotatable bonds is 43. The van der Waals surface area contributed by atoms with Crippen molar-refractivity contribution in [1.29, 1.82) is 0 Å². The largest absolute Gasteiger partial charge is 0.457 e. The van der Waals surface area contributed by atoms with Gasteiger partial charge in [0, 0.05) is 13.0 Å². The summed E-state index contributed by atoms with van der Waals surface area (Å²) < 4.78 is 11.2. The molecule has 0 aliphatic carbocycles. The van der Waals surface area contributed by atoms with Crippen molar-refractivity contribution in [2.45, 2.75) is 225 Å². The fourth-order valence-electron chi connectivity index (χ4n) is 6.53. The molecule has 1 N–H and O–H groups in total. The lowest BCUT2D eigenvalue weighted by atomic mass is 10.1. The van der Waals surface area contributed by atoms with Crippen LogP contribution < -0.4 is 0 Å². The van der Waals surface area contributed by atoms with Gasteiger partial charge in [-0.2, -0.15) is 0 Å². The molecule has 0 aromatic heterocycles. The van der Waals surface area contributed by atoms with Crippen LogP contribution in [0.25, 0.3) is 0 Å². The number of allylic oxidation sites excluding steroid dienone is 12. The summed E-state index contributed by atoms with van der Waals surface area (Å²) in [6, 6.07) is 0. The molecule has 318 valence electrons. The Morgan fingerprint density at radius 3 is 1.24 bits per heavy atom. The molecule has 4 nitrogen and oxygen atoms in total. The average Bonchev–Trinajstić information content (AvgIpc) is 3.19. The summed E-state index contributed by atoms with van der Waals surface area (Å²) >= 11 is 0.